The zero-order valence-corrected chi connectivity index (χ0v) is 10.9. The van der Waals surface area contributed by atoms with Gasteiger partial charge in [0.25, 0.3) is 0 Å². The third kappa shape index (κ3) is 3.24. The van der Waals surface area contributed by atoms with Crippen molar-refractivity contribution in [1.29, 1.82) is 0 Å². The molecule has 1 atom stereocenters. The molecule has 0 aliphatic carbocycles. The molecule has 1 aromatic heterocycles. The number of urea groups is 1. The largest absolute Gasteiger partial charge is 0.480 e. The summed E-state index contributed by atoms with van der Waals surface area (Å²) >= 11 is 0. The molecular weight excluding hydrogens is 248 g/mol. The summed E-state index contributed by atoms with van der Waals surface area (Å²) in [6.07, 6.45) is 4.91. The van der Waals surface area contributed by atoms with Gasteiger partial charge in [-0.05, 0) is 25.3 Å². The SMILES string of the molecule is Cc1cnn(CCNC(=O)N2CCC[C@@H]2C(=O)O)c1. The van der Waals surface area contributed by atoms with Crippen LogP contribution in [0.4, 0.5) is 4.79 Å². The van der Waals surface area contributed by atoms with Crippen molar-refractivity contribution in [2.24, 2.45) is 0 Å². The van der Waals surface area contributed by atoms with Gasteiger partial charge in [0.2, 0.25) is 0 Å². The Kier molecular flexibility index (Phi) is 4.03. The maximum absolute atomic E-state index is 11.9. The van der Waals surface area contributed by atoms with Crippen LogP contribution in [0.15, 0.2) is 12.4 Å². The van der Waals surface area contributed by atoms with Crippen LogP contribution in [0, 0.1) is 6.92 Å². The highest BCUT2D eigenvalue weighted by atomic mass is 16.4. The molecule has 2 amide bonds. The van der Waals surface area contributed by atoms with E-state index in [1.54, 1.807) is 10.9 Å². The van der Waals surface area contributed by atoms with Gasteiger partial charge in [0.15, 0.2) is 0 Å². The highest BCUT2D eigenvalue weighted by Gasteiger charge is 2.33. The first kappa shape index (κ1) is 13.4. The van der Waals surface area contributed by atoms with Crippen molar-refractivity contribution < 1.29 is 14.7 Å². The number of rotatable bonds is 4. The Morgan fingerprint density at radius 1 is 1.58 bits per heavy atom. The lowest BCUT2D eigenvalue weighted by atomic mass is 10.2. The Morgan fingerprint density at radius 2 is 2.37 bits per heavy atom. The molecule has 19 heavy (non-hydrogen) atoms. The average Bonchev–Trinajstić information content (AvgIpc) is 2.97. The standard InChI is InChI=1S/C12H18N4O3/c1-9-7-14-15(8-9)6-4-13-12(19)16-5-2-3-10(16)11(17)18/h7-8,10H,2-6H2,1H3,(H,13,19)(H,17,18)/t10-/m1/s1. The maximum Gasteiger partial charge on any atom is 0.326 e. The maximum atomic E-state index is 11.9. The van der Waals surface area contributed by atoms with Crippen LogP contribution in [0.25, 0.3) is 0 Å². The van der Waals surface area contributed by atoms with E-state index in [9.17, 15) is 9.59 Å². The van der Waals surface area contributed by atoms with E-state index in [4.69, 9.17) is 5.11 Å². The summed E-state index contributed by atoms with van der Waals surface area (Å²) in [5.41, 5.74) is 1.07. The second kappa shape index (κ2) is 5.73. The van der Waals surface area contributed by atoms with E-state index < -0.39 is 12.0 Å². The Labute approximate surface area is 111 Å². The van der Waals surface area contributed by atoms with E-state index >= 15 is 0 Å². The van der Waals surface area contributed by atoms with Gasteiger partial charge in [-0.15, -0.1) is 0 Å². The number of amides is 2. The minimum Gasteiger partial charge on any atom is -0.480 e. The number of aryl methyl sites for hydroxylation is 1. The predicted octanol–water partition coefficient (Wildman–Crippen LogP) is 0.450. The minimum atomic E-state index is -0.935. The molecule has 2 N–H and O–H groups in total. The lowest BCUT2D eigenvalue weighted by Crippen LogP contribution is -2.46. The van der Waals surface area contributed by atoms with E-state index in [2.05, 4.69) is 10.4 Å². The number of nitrogens with zero attached hydrogens (tertiary/aromatic N) is 3. The number of nitrogens with one attached hydrogen (secondary N) is 1. The van der Waals surface area contributed by atoms with Crippen LogP contribution < -0.4 is 5.32 Å². The summed E-state index contributed by atoms with van der Waals surface area (Å²) in [6.45, 7) is 3.46. The van der Waals surface area contributed by atoms with Crippen LogP contribution >= 0.6 is 0 Å². The molecule has 2 heterocycles. The molecule has 1 aromatic rings. The third-order valence-corrected chi connectivity index (χ3v) is 3.18. The molecule has 0 bridgehead atoms. The fourth-order valence-electron chi connectivity index (χ4n) is 2.23. The van der Waals surface area contributed by atoms with E-state index in [0.29, 0.717) is 26.1 Å². The Balaban J connectivity index is 1.79. The monoisotopic (exact) mass is 266 g/mol. The second-order valence-electron chi connectivity index (χ2n) is 4.70. The molecule has 7 nitrogen and oxygen atoms in total. The first-order valence-electron chi connectivity index (χ1n) is 6.34. The molecule has 1 aliphatic rings. The third-order valence-electron chi connectivity index (χ3n) is 3.18. The van der Waals surface area contributed by atoms with E-state index in [1.807, 2.05) is 13.1 Å². The topological polar surface area (TPSA) is 87.5 Å². The molecule has 7 heteroatoms. The normalized spacial score (nSPS) is 18.6. The Bertz CT molecular complexity index is 471. The van der Waals surface area contributed by atoms with Crippen LogP contribution in [-0.4, -0.2) is 50.9 Å². The number of likely N-dealkylation sites (tertiary alicyclic amines) is 1. The summed E-state index contributed by atoms with van der Waals surface area (Å²) in [5.74, 6) is -0.935. The fraction of sp³-hybridized carbons (Fsp3) is 0.583. The fourth-order valence-corrected chi connectivity index (χ4v) is 2.23. The predicted molar refractivity (Wildman–Crippen MR) is 67.7 cm³/mol. The first-order valence-corrected chi connectivity index (χ1v) is 6.34. The van der Waals surface area contributed by atoms with E-state index in [-0.39, 0.29) is 6.03 Å². The molecule has 0 saturated carbocycles. The van der Waals surface area contributed by atoms with Gasteiger partial charge in [0.1, 0.15) is 6.04 Å². The smallest absolute Gasteiger partial charge is 0.326 e. The summed E-state index contributed by atoms with van der Waals surface area (Å²) in [4.78, 5) is 24.2. The number of aromatic nitrogens is 2. The number of carboxylic acids is 1. The molecule has 0 unspecified atom stereocenters. The molecule has 2 rings (SSSR count). The van der Waals surface area contributed by atoms with Crippen LogP contribution in [0.1, 0.15) is 18.4 Å². The lowest BCUT2D eigenvalue weighted by Gasteiger charge is -2.21. The Hall–Kier alpha value is -2.05. The minimum absolute atomic E-state index is 0.311. The van der Waals surface area contributed by atoms with Gasteiger partial charge in [-0.2, -0.15) is 5.10 Å². The summed E-state index contributed by atoms with van der Waals surface area (Å²) < 4.78 is 1.74. The number of carbonyl (C=O) groups excluding carboxylic acids is 1. The summed E-state index contributed by atoms with van der Waals surface area (Å²) in [5, 5.41) is 15.8. The van der Waals surface area contributed by atoms with Gasteiger partial charge in [-0.1, -0.05) is 0 Å². The summed E-state index contributed by atoms with van der Waals surface area (Å²) in [6, 6.07) is -0.999. The zero-order chi connectivity index (χ0) is 13.8. The zero-order valence-electron chi connectivity index (χ0n) is 10.9. The quantitative estimate of drug-likeness (QED) is 0.828. The van der Waals surface area contributed by atoms with Crippen molar-refractivity contribution in [3.63, 3.8) is 0 Å². The molecule has 0 aromatic carbocycles. The Morgan fingerprint density at radius 3 is 3.00 bits per heavy atom. The molecule has 1 saturated heterocycles. The van der Waals surface area contributed by atoms with Crippen molar-refractivity contribution in [1.82, 2.24) is 20.0 Å². The van der Waals surface area contributed by atoms with Crippen molar-refractivity contribution in [2.45, 2.75) is 32.4 Å². The van der Waals surface area contributed by atoms with Crippen molar-refractivity contribution in [2.75, 3.05) is 13.1 Å². The molecule has 0 spiro atoms. The van der Waals surface area contributed by atoms with Crippen LogP contribution in [0.5, 0.6) is 0 Å². The molecule has 1 fully saturated rings. The number of hydrogen-bond donors (Lipinski definition) is 2. The summed E-state index contributed by atoms with van der Waals surface area (Å²) in [7, 11) is 0. The number of carboxylic acid groups (broad SMARTS) is 1. The highest BCUT2D eigenvalue weighted by Crippen LogP contribution is 2.17. The molecule has 1 aliphatic heterocycles. The van der Waals surface area contributed by atoms with Gasteiger partial charge < -0.3 is 15.3 Å². The van der Waals surface area contributed by atoms with Crippen molar-refractivity contribution >= 4 is 12.0 Å². The first-order chi connectivity index (χ1) is 9.08. The van der Waals surface area contributed by atoms with Crippen LogP contribution in [0.2, 0.25) is 0 Å². The second-order valence-corrected chi connectivity index (χ2v) is 4.70. The lowest BCUT2D eigenvalue weighted by molar-refractivity contribution is -0.141. The van der Waals surface area contributed by atoms with Gasteiger partial charge in [-0.25, -0.2) is 9.59 Å². The molecular formula is C12H18N4O3. The van der Waals surface area contributed by atoms with Crippen LogP contribution in [0.3, 0.4) is 0 Å². The van der Waals surface area contributed by atoms with Gasteiger partial charge >= 0.3 is 12.0 Å². The van der Waals surface area contributed by atoms with Gasteiger partial charge in [0.05, 0.1) is 12.7 Å². The van der Waals surface area contributed by atoms with Gasteiger partial charge in [-0.3, -0.25) is 4.68 Å². The van der Waals surface area contributed by atoms with E-state index in [1.165, 1.54) is 4.90 Å². The highest BCUT2D eigenvalue weighted by molar-refractivity contribution is 5.83. The number of hydrogen-bond acceptors (Lipinski definition) is 3. The van der Waals surface area contributed by atoms with Crippen molar-refractivity contribution in [3.8, 4) is 0 Å². The average molecular weight is 266 g/mol. The van der Waals surface area contributed by atoms with E-state index in [0.717, 1.165) is 12.0 Å². The van der Waals surface area contributed by atoms with Crippen LogP contribution in [-0.2, 0) is 11.3 Å². The number of aliphatic carboxylic acids is 1. The van der Waals surface area contributed by atoms with Crippen molar-refractivity contribution in [3.05, 3.63) is 18.0 Å². The van der Waals surface area contributed by atoms with Gasteiger partial charge in [0, 0.05) is 19.3 Å². The molecule has 104 valence electrons. The molecule has 0 radical (unpaired) electrons. The number of carbonyl (C=O) groups is 2.